The van der Waals surface area contributed by atoms with E-state index in [1.54, 1.807) is 40.4 Å². The number of nitrogens with zero attached hydrogens (tertiary/aromatic N) is 3. The molecule has 1 N–H and O–H groups in total. The maximum absolute atomic E-state index is 13.5. The van der Waals surface area contributed by atoms with Crippen LogP contribution in [0.15, 0.2) is 64.7 Å². The molecule has 0 unspecified atom stereocenters. The number of amides is 2. The zero-order chi connectivity index (χ0) is 30.8. The fourth-order valence-corrected chi connectivity index (χ4v) is 7.27. The maximum Gasteiger partial charge on any atom is 0.338 e. The van der Waals surface area contributed by atoms with Gasteiger partial charge in [0.05, 0.1) is 23.1 Å². The van der Waals surface area contributed by atoms with Crippen molar-refractivity contribution < 1.29 is 22.7 Å². The molecule has 228 valence electrons. The Labute approximate surface area is 250 Å². The van der Waals surface area contributed by atoms with Gasteiger partial charge in [0.2, 0.25) is 10.0 Å². The number of rotatable bonds is 8. The summed E-state index contributed by atoms with van der Waals surface area (Å²) in [5, 5.41) is 3.03. The number of nitrogens with one attached hydrogen (secondary N) is 1. The van der Waals surface area contributed by atoms with Crippen molar-refractivity contribution in [3.8, 4) is 0 Å². The Morgan fingerprint density at radius 1 is 1.02 bits per heavy atom. The van der Waals surface area contributed by atoms with Crippen molar-refractivity contribution in [3.05, 3.63) is 76.5 Å². The molecule has 0 bridgehead atoms. The lowest BCUT2D eigenvalue weighted by atomic mass is 9.85. The molecule has 0 saturated carbocycles. The Balaban J connectivity index is 1.66. The SMILES string of the molecule is CCOC(=O)C1=C(CN2CCN(S(=O)(=O)c3ccc(C)cc3)[C@H](C)C2)N(CC)C(=O)N[C@H]1c1ccc(C(C)(C)C)cc1. The summed E-state index contributed by atoms with van der Waals surface area (Å²) in [6.07, 6.45) is 0. The molecule has 0 aliphatic carbocycles. The van der Waals surface area contributed by atoms with Crippen molar-refractivity contribution in [2.24, 2.45) is 0 Å². The fraction of sp³-hybridized carbons (Fsp3) is 0.500. The summed E-state index contributed by atoms with van der Waals surface area (Å²) >= 11 is 0. The molecule has 0 spiro atoms. The summed E-state index contributed by atoms with van der Waals surface area (Å²) in [6.45, 7) is 16.0. The topological polar surface area (TPSA) is 99.3 Å². The Morgan fingerprint density at radius 3 is 2.21 bits per heavy atom. The lowest BCUT2D eigenvalue weighted by molar-refractivity contribution is -0.139. The van der Waals surface area contributed by atoms with E-state index in [0.717, 1.165) is 16.7 Å². The van der Waals surface area contributed by atoms with E-state index in [2.05, 4.69) is 31.0 Å². The molecule has 42 heavy (non-hydrogen) atoms. The van der Waals surface area contributed by atoms with Gasteiger partial charge in [0, 0.05) is 44.5 Å². The van der Waals surface area contributed by atoms with Crippen LogP contribution < -0.4 is 5.32 Å². The average Bonchev–Trinajstić information content (AvgIpc) is 2.93. The normalized spacial score (nSPS) is 20.9. The van der Waals surface area contributed by atoms with Crippen molar-refractivity contribution in [3.63, 3.8) is 0 Å². The van der Waals surface area contributed by atoms with Gasteiger partial charge < -0.3 is 10.1 Å². The largest absolute Gasteiger partial charge is 0.463 e. The number of carbonyl (C=O) groups excluding carboxylic acids is 2. The summed E-state index contributed by atoms with van der Waals surface area (Å²) in [7, 11) is -3.65. The highest BCUT2D eigenvalue weighted by Crippen LogP contribution is 2.34. The van der Waals surface area contributed by atoms with Crippen LogP contribution >= 0.6 is 0 Å². The van der Waals surface area contributed by atoms with Crippen LogP contribution in [0.2, 0.25) is 0 Å². The number of likely N-dealkylation sites (N-methyl/N-ethyl adjacent to an activating group) is 1. The summed E-state index contributed by atoms with van der Waals surface area (Å²) < 4.78 is 33.9. The standard InChI is InChI=1S/C32H44N4O5S/c1-8-35-27(21-34-18-19-36(23(4)20-34)42(39,40)26-16-10-22(3)11-17-26)28(30(37)41-9-2)29(33-31(35)38)24-12-14-25(15-13-24)32(5,6)7/h10-17,23,29H,8-9,18-21H2,1-7H3,(H,33,38)/t23-,29+/m1/s1. The Morgan fingerprint density at radius 2 is 1.67 bits per heavy atom. The number of piperazine rings is 1. The van der Waals surface area contributed by atoms with Gasteiger partial charge in [0.15, 0.2) is 0 Å². The molecule has 2 amide bonds. The molecule has 2 aromatic carbocycles. The van der Waals surface area contributed by atoms with Crippen LogP contribution in [-0.4, -0.2) is 79.9 Å². The number of ether oxygens (including phenoxy) is 1. The van der Waals surface area contributed by atoms with Gasteiger partial charge in [-0.15, -0.1) is 0 Å². The molecule has 4 rings (SSSR count). The molecule has 1 saturated heterocycles. The first-order valence-corrected chi connectivity index (χ1v) is 16.1. The van der Waals surface area contributed by atoms with Crippen LogP contribution in [0.3, 0.4) is 0 Å². The Hall–Kier alpha value is -3.21. The van der Waals surface area contributed by atoms with Crippen LogP contribution in [0.1, 0.15) is 64.3 Å². The van der Waals surface area contributed by atoms with Crippen molar-refractivity contribution >= 4 is 22.0 Å². The van der Waals surface area contributed by atoms with Gasteiger partial charge in [-0.3, -0.25) is 9.80 Å². The Bertz CT molecular complexity index is 1430. The molecule has 1 fully saturated rings. The zero-order valence-corrected chi connectivity index (χ0v) is 26.6. The second-order valence-electron chi connectivity index (χ2n) is 12.1. The van der Waals surface area contributed by atoms with Gasteiger partial charge in [-0.05, 0) is 56.4 Å². The molecule has 2 aliphatic heterocycles. The first-order chi connectivity index (χ1) is 19.8. The third-order valence-corrected chi connectivity index (χ3v) is 10.0. The minimum absolute atomic E-state index is 0.0376. The lowest BCUT2D eigenvalue weighted by Crippen LogP contribution is -2.56. The summed E-state index contributed by atoms with van der Waals surface area (Å²) in [5.41, 5.74) is 3.91. The lowest BCUT2D eigenvalue weighted by Gasteiger charge is -2.42. The van der Waals surface area contributed by atoms with Gasteiger partial charge in [0.25, 0.3) is 0 Å². The van der Waals surface area contributed by atoms with Crippen LogP contribution in [0.4, 0.5) is 4.79 Å². The van der Waals surface area contributed by atoms with E-state index in [1.165, 1.54) is 0 Å². The molecule has 0 radical (unpaired) electrons. The quantitative estimate of drug-likeness (QED) is 0.448. The maximum atomic E-state index is 13.5. The number of hydrogen-bond acceptors (Lipinski definition) is 6. The molecule has 0 aromatic heterocycles. The van der Waals surface area contributed by atoms with Crippen LogP contribution in [0, 0.1) is 6.92 Å². The van der Waals surface area contributed by atoms with E-state index < -0.39 is 22.0 Å². The number of benzene rings is 2. The third kappa shape index (κ3) is 6.55. The average molecular weight is 597 g/mol. The van der Waals surface area contributed by atoms with E-state index in [0.29, 0.717) is 44.0 Å². The first kappa shape index (κ1) is 31.7. The molecular formula is C32H44N4O5S. The molecular weight excluding hydrogens is 552 g/mol. The van der Waals surface area contributed by atoms with Crippen LogP contribution in [0.5, 0.6) is 0 Å². The van der Waals surface area contributed by atoms with E-state index in [1.807, 2.05) is 45.0 Å². The summed E-state index contributed by atoms with van der Waals surface area (Å²) in [5.74, 6) is -0.468. The van der Waals surface area contributed by atoms with Crippen molar-refractivity contribution in [2.75, 3.05) is 39.3 Å². The van der Waals surface area contributed by atoms with Gasteiger partial charge in [-0.2, -0.15) is 4.31 Å². The number of urea groups is 1. The molecule has 2 aliphatic rings. The highest BCUT2D eigenvalue weighted by atomic mass is 32.2. The molecule has 9 nitrogen and oxygen atoms in total. The molecule has 2 heterocycles. The predicted octanol–water partition coefficient (Wildman–Crippen LogP) is 4.59. The zero-order valence-electron chi connectivity index (χ0n) is 25.8. The van der Waals surface area contributed by atoms with E-state index in [9.17, 15) is 18.0 Å². The number of aryl methyl sites for hydroxylation is 1. The minimum atomic E-state index is -3.65. The minimum Gasteiger partial charge on any atom is -0.463 e. The van der Waals surface area contributed by atoms with E-state index in [-0.39, 0.29) is 29.0 Å². The van der Waals surface area contributed by atoms with Gasteiger partial charge in [-0.25, -0.2) is 18.0 Å². The third-order valence-electron chi connectivity index (χ3n) is 8.01. The van der Waals surface area contributed by atoms with Gasteiger partial charge in [0.1, 0.15) is 0 Å². The second-order valence-corrected chi connectivity index (χ2v) is 14.0. The van der Waals surface area contributed by atoms with Crippen molar-refractivity contribution in [1.82, 2.24) is 19.4 Å². The monoisotopic (exact) mass is 596 g/mol. The fourth-order valence-electron chi connectivity index (χ4n) is 5.66. The van der Waals surface area contributed by atoms with Gasteiger partial charge >= 0.3 is 12.0 Å². The number of carbonyl (C=O) groups is 2. The van der Waals surface area contributed by atoms with E-state index >= 15 is 0 Å². The number of esters is 1. The second kappa shape index (κ2) is 12.6. The molecule has 10 heteroatoms. The highest BCUT2D eigenvalue weighted by molar-refractivity contribution is 7.89. The highest BCUT2D eigenvalue weighted by Gasteiger charge is 2.40. The van der Waals surface area contributed by atoms with Gasteiger partial charge in [-0.1, -0.05) is 62.7 Å². The molecule has 2 aromatic rings. The molecule has 2 atom stereocenters. The van der Waals surface area contributed by atoms with Crippen molar-refractivity contribution in [1.29, 1.82) is 0 Å². The van der Waals surface area contributed by atoms with E-state index in [4.69, 9.17) is 4.74 Å². The van der Waals surface area contributed by atoms with Crippen LogP contribution in [-0.2, 0) is 25.0 Å². The number of sulfonamides is 1. The van der Waals surface area contributed by atoms with Crippen molar-refractivity contribution in [2.45, 2.75) is 70.9 Å². The predicted molar refractivity (Wildman–Crippen MR) is 163 cm³/mol. The summed E-state index contributed by atoms with van der Waals surface area (Å²) in [6, 6.07) is 13.6. The smallest absolute Gasteiger partial charge is 0.338 e. The Kier molecular flexibility index (Phi) is 9.49. The summed E-state index contributed by atoms with van der Waals surface area (Å²) in [4.78, 5) is 30.8. The number of hydrogen-bond donors (Lipinski definition) is 1. The van der Waals surface area contributed by atoms with Crippen LogP contribution in [0.25, 0.3) is 0 Å². The first-order valence-electron chi connectivity index (χ1n) is 14.7.